The van der Waals surface area contributed by atoms with Crippen molar-refractivity contribution in [2.45, 2.75) is 0 Å². The average Bonchev–Trinajstić information content (AvgIpc) is 3.45. The molecule has 0 amide bonds. The van der Waals surface area contributed by atoms with Gasteiger partial charge < -0.3 is 0 Å². The van der Waals surface area contributed by atoms with E-state index in [-0.39, 0.29) is 0 Å². The lowest BCUT2D eigenvalue weighted by atomic mass is 9.92. The molecule has 2 heterocycles. The molecule has 0 fully saturated rings. The molecule has 0 N–H and O–H groups in total. The molecule has 0 saturated heterocycles. The highest BCUT2D eigenvalue weighted by atomic mass is 79.9. The molecule has 6 aromatic carbocycles. The normalized spacial score (nSPS) is 11.5. The van der Waals surface area contributed by atoms with Crippen LogP contribution in [0.2, 0.25) is 0 Å². The number of benzene rings is 6. The minimum Gasteiger partial charge on any atom is -0.277 e. The molecule has 3 nitrogen and oxygen atoms in total. The zero-order chi connectivity index (χ0) is 28.0. The SMILES string of the molecule is Brc1cc(-c2cc3ccccc3c3ccccc23)cc(-c2nc3c(-c4ccccc4)ccnc3n2-c2ccccc2)c1. The Kier molecular flexibility index (Phi) is 5.94. The number of nitrogens with zero attached hydrogens (tertiary/aromatic N) is 3. The van der Waals surface area contributed by atoms with Gasteiger partial charge in [0.15, 0.2) is 5.65 Å². The van der Waals surface area contributed by atoms with Gasteiger partial charge in [0, 0.05) is 27.5 Å². The molecule has 0 radical (unpaired) electrons. The molecule has 0 aliphatic rings. The van der Waals surface area contributed by atoms with E-state index in [1.807, 2.05) is 18.3 Å². The van der Waals surface area contributed by atoms with Crippen LogP contribution in [0.5, 0.6) is 0 Å². The van der Waals surface area contributed by atoms with E-state index < -0.39 is 0 Å². The zero-order valence-corrected chi connectivity index (χ0v) is 24.2. The molecule has 0 saturated carbocycles. The van der Waals surface area contributed by atoms with Gasteiger partial charge in [0.1, 0.15) is 11.3 Å². The first kappa shape index (κ1) is 24.7. The number of hydrogen-bond donors (Lipinski definition) is 0. The summed E-state index contributed by atoms with van der Waals surface area (Å²) in [5.74, 6) is 0.847. The van der Waals surface area contributed by atoms with Gasteiger partial charge in [0.2, 0.25) is 0 Å². The van der Waals surface area contributed by atoms with Crippen LogP contribution < -0.4 is 0 Å². The predicted molar refractivity (Wildman–Crippen MR) is 178 cm³/mol. The van der Waals surface area contributed by atoms with E-state index in [1.54, 1.807) is 0 Å². The fraction of sp³-hybridized carbons (Fsp3) is 0. The third-order valence-electron chi connectivity index (χ3n) is 7.88. The second-order valence-electron chi connectivity index (χ2n) is 10.4. The molecule has 198 valence electrons. The Bertz CT molecular complexity index is 2250. The van der Waals surface area contributed by atoms with Gasteiger partial charge in [-0.3, -0.25) is 4.57 Å². The van der Waals surface area contributed by atoms with Gasteiger partial charge in [0.05, 0.1) is 0 Å². The number of imidazole rings is 1. The summed E-state index contributed by atoms with van der Waals surface area (Å²) in [6.45, 7) is 0. The van der Waals surface area contributed by atoms with Crippen LogP contribution in [0.15, 0.2) is 150 Å². The van der Waals surface area contributed by atoms with Crippen LogP contribution in [-0.4, -0.2) is 14.5 Å². The van der Waals surface area contributed by atoms with Crippen molar-refractivity contribution in [3.05, 3.63) is 150 Å². The van der Waals surface area contributed by atoms with Gasteiger partial charge >= 0.3 is 0 Å². The summed E-state index contributed by atoms with van der Waals surface area (Å²) in [6.07, 6.45) is 1.88. The smallest absolute Gasteiger partial charge is 0.165 e. The largest absolute Gasteiger partial charge is 0.277 e. The average molecular weight is 603 g/mol. The number of aromatic nitrogens is 3. The fourth-order valence-corrected chi connectivity index (χ4v) is 6.50. The third-order valence-corrected chi connectivity index (χ3v) is 8.34. The summed E-state index contributed by atoms with van der Waals surface area (Å²) in [4.78, 5) is 10.2. The van der Waals surface area contributed by atoms with Crippen molar-refractivity contribution in [3.63, 3.8) is 0 Å². The van der Waals surface area contributed by atoms with Gasteiger partial charge in [-0.2, -0.15) is 0 Å². The Morgan fingerprint density at radius 3 is 2.00 bits per heavy atom. The highest BCUT2D eigenvalue weighted by Gasteiger charge is 2.20. The number of fused-ring (bicyclic) bond motifs is 4. The molecule has 0 atom stereocenters. The van der Waals surface area contributed by atoms with Crippen LogP contribution in [0.3, 0.4) is 0 Å². The molecule has 0 aliphatic heterocycles. The second-order valence-corrected chi connectivity index (χ2v) is 11.3. The van der Waals surface area contributed by atoms with E-state index in [0.717, 1.165) is 49.4 Å². The molecule has 4 heteroatoms. The lowest BCUT2D eigenvalue weighted by Gasteiger charge is -2.14. The summed E-state index contributed by atoms with van der Waals surface area (Å²) in [5.41, 5.74) is 8.24. The van der Waals surface area contributed by atoms with Gasteiger partial charge in [-0.05, 0) is 80.7 Å². The lowest BCUT2D eigenvalue weighted by Crippen LogP contribution is -1.99. The van der Waals surface area contributed by atoms with Crippen LogP contribution in [0, 0.1) is 0 Å². The summed E-state index contributed by atoms with van der Waals surface area (Å²) >= 11 is 3.84. The molecule has 0 unspecified atom stereocenters. The molecule has 8 aromatic rings. The van der Waals surface area contributed by atoms with E-state index >= 15 is 0 Å². The lowest BCUT2D eigenvalue weighted by molar-refractivity contribution is 1.08. The molecular weight excluding hydrogens is 578 g/mol. The molecule has 8 rings (SSSR count). The van der Waals surface area contributed by atoms with Crippen molar-refractivity contribution in [1.82, 2.24) is 14.5 Å². The van der Waals surface area contributed by atoms with Gasteiger partial charge in [-0.1, -0.05) is 113 Å². The summed E-state index contributed by atoms with van der Waals surface area (Å²) in [5, 5.41) is 4.96. The molecule has 0 bridgehead atoms. The van der Waals surface area contributed by atoms with Crippen LogP contribution in [0.1, 0.15) is 0 Å². The Labute approximate surface area is 251 Å². The van der Waals surface area contributed by atoms with E-state index in [0.29, 0.717) is 0 Å². The fourth-order valence-electron chi connectivity index (χ4n) is 6.01. The standard InChI is InChI=1S/C38H24BrN3/c39-29-22-27(35-24-26-13-7-8-16-31(26)33-17-9-10-18-34(33)35)21-28(23-29)37-41-36-32(25-11-3-1-4-12-25)19-20-40-38(36)42(37)30-14-5-2-6-15-30/h1-24H. The first-order valence-electron chi connectivity index (χ1n) is 13.9. The third kappa shape index (κ3) is 4.11. The van der Waals surface area contributed by atoms with Crippen LogP contribution >= 0.6 is 15.9 Å². The quantitative estimate of drug-likeness (QED) is 0.188. The second kappa shape index (κ2) is 10.1. The van der Waals surface area contributed by atoms with Gasteiger partial charge in [-0.15, -0.1) is 0 Å². The highest BCUT2D eigenvalue weighted by molar-refractivity contribution is 9.10. The molecule has 0 aliphatic carbocycles. The van der Waals surface area contributed by atoms with Crippen molar-refractivity contribution in [2.24, 2.45) is 0 Å². The Hall–Kier alpha value is -5.06. The first-order chi connectivity index (χ1) is 20.7. The zero-order valence-electron chi connectivity index (χ0n) is 22.6. The van der Waals surface area contributed by atoms with E-state index in [9.17, 15) is 0 Å². The Morgan fingerprint density at radius 1 is 0.524 bits per heavy atom. The van der Waals surface area contributed by atoms with Gasteiger partial charge in [-0.25, -0.2) is 9.97 Å². The number of halogens is 1. The number of hydrogen-bond acceptors (Lipinski definition) is 2. The molecule has 42 heavy (non-hydrogen) atoms. The van der Waals surface area contributed by atoms with Gasteiger partial charge in [0.25, 0.3) is 0 Å². The van der Waals surface area contributed by atoms with E-state index in [2.05, 4.69) is 148 Å². The van der Waals surface area contributed by atoms with Crippen molar-refractivity contribution in [2.75, 3.05) is 0 Å². The van der Waals surface area contributed by atoms with Crippen molar-refractivity contribution in [3.8, 4) is 39.3 Å². The minimum atomic E-state index is 0.829. The first-order valence-corrected chi connectivity index (χ1v) is 14.7. The molecular formula is C38H24BrN3. The van der Waals surface area contributed by atoms with Crippen LogP contribution in [-0.2, 0) is 0 Å². The molecule has 0 spiro atoms. The van der Waals surface area contributed by atoms with Crippen molar-refractivity contribution >= 4 is 48.6 Å². The topological polar surface area (TPSA) is 30.7 Å². The summed E-state index contributed by atoms with van der Waals surface area (Å²) in [6, 6.07) is 49.0. The number of para-hydroxylation sites is 1. The monoisotopic (exact) mass is 601 g/mol. The number of rotatable bonds is 4. The van der Waals surface area contributed by atoms with E-state index in [4.69, 9.17) is 9.97 Å². The maximum Gasteiger partial charge on any atom is 0.165 e. The van der Waals surface area contributed by atoms with Crippen LogP contribution in [0.4, 0.5) is 0 Å². The van der Waals surface area contributed by atoms with Crippen molar-refractivity contribution < 1.29 is 0 Å². The van der Waals surface area contributed by atoms with E-state index in [1.165, 1.54) is 27.1 Å². The highest BCUT2D eigenvalue weighted by Crippen LogP contribution is 2.39. The Morgan fingerprint density at radius 2 is 1.19 bits per heavy atom. The maximum atomic E-state index is 5.30. The predicted octanol–water partition coefficient (Wildman–Crippen LogP) is 10.5. The van der Waals surface area contributed by atoms with Crippen LogP contribution in [0.25, 0.3) is 72.0 Å². The summed E-state index contributed by atoms with van der Waals surface area (Å²) < 4.78 is 3.17. The molecule has 2 aromatic heterocycles. The maximum absolute atomic E-state index is 5.30. The minimum absolute atomic E-state index is 0.829. The Balaban J connectivity index is 1.41. The summed E-state index contributed by atoms with van der Waals surface area (Å²) in [7, 11) is 0. The number of pyridine rings is 1. The van der Waals surface area contributed by atoms with Crippen molar-refractivity contribution in [1.29, 1.82) is 0 Å².